The van der Waals surface area contributed by atoms with Crippen LogP contribution in [0.5, 0.6) is 5.75 Å². The Kier molecular flexibility index (Phi) is 3.21. The van der Waals surface area contributed by atoms with Gasteiger partial charge in [0, 0.05) is 11.5 Å². The summed E-state index contributed by atoms with van der Waals surface area (Å²) in [7, 11) is 0. The Morgan fingerprint density at radius 1 is 1.05 bits per heavy atom. The highest BCUT2D eigenvalue weighted by molar-refractivity contribution is 5.78. The Morgan fingerprint density at radius 2 is 1.90 bits per heavy atom. The van der Waals surface area contributed by atoms with Crippen molar-refractivity contribution in [3.8, 4) is 5.75 Å². The van der Waals surface area contributed by atoms with Gasteiger partial charge in [0.15, 0.2) is 0 Å². The van der Waals surface area contributed by atoms with Gasteiger partial charge in [-0.25, -0.2) is 9.37 Å². The van der Waals surface area contributed by atoms with Crippen molar-refractivity contribution in [2.45, 2.75) is 6.61 Å². The molecule has 1 heterocycles. The van der Waals surface area contributed by atoms with Crippen LogP contribution < -0.4 is 10.5 Å². The highest BCUT2D eigenvalue weighted by Gasteiger charge is 2.04. The lowest BCUT2D eigenvalue weighted by Crippen LogP contribution is -2.01. The SMILES string of the molecule is Nc1cc(F)ccc1OCc1ccc2ccccc2n1. The van der Waals surface area contributed by atoms with Gasteiger partial charge in [0.25, 0.3) is 0 Å². The third-order valence-electron chi connectivity index (χ3n) is 3.00. The summed E-state index contributed by atoms with van der Waals surface area (Å²) in [4.78, 5) is 4.50. The predicted molar refractivity (Wildman–Crippen MR) is 76.9 cm³/mol. The Morgan fingerprint density at radius 3 is 2.75 bits per heavy atom. The van der Waals surface area contributed by atoms with Crippen LogP contribution in [0.2, 0.25) is 0 Å². The average molecular weight is 268 g/mol. The quantitative estimate of drug-likeness (QED) is 0.739. The molecule has 100 valence electrons. The number of para-hydroxylation sites is 1. The minimum atomic E-state index is -0.376. The second kappa shape index (κ2) is 5.17. The highest BCUT2D eigenvalue weighted by Crippen LogP contribution is 2.23. The number of nitrogens with two attached hydrogens (primary N) is 1. The summed E-state index contributed by atoms with van der Waals surface area (Å²) in [6.45, 7) is 0.292. The number of pyridine rings is 1. The van der Waals surface area contributed by atoms with Crippen molar-refractivity contribution in [3.05, 3.63) is 66.1 Å². The number of fused-ring (bicyclic) bond motifs is 1. The third kappa shape index (κ3) is 2.54. The molecule has 0 saturated heterocycles. The molecule has 4 heteroatoms. The monoisotopic (exact) mass is 268 g/mol. The lowest BCUT2D eigenvalue weighted by molar-refractivity contribution is 0.303. The predicted octanol–water partition coefficient (Wildman–Crippen LogP) is 3.54. The number of halogens is 1. The maximum absolute atomic E-state index is 12.9. The number of nitrogens with zero attached hydrogens (tertiary/aromatic N) is 1. The molecule has 0 radical (unpaired) electrons. The van der Waals surface area contributed by atoms with Crippen molar-refractivity contribution < 1.29 is 9.13 Å². The molecule has 20 heavy (non-hydrogen) atoms. The van der Waals surface area contributed by atoms with Gasteiger partial charge in [-0.05, 0) is 24.3 Å². The van der Waals surface area contributed by atoms with Gasteiger partial charge in [0.1, 0.15) is 18.2 Å². The van der Waals surface area contributed by atoms with E-state index in [2.05, 4.69) is 4.98 Å². The van der Waals surface area contributed by atoms with Crippen LogP contribution in [0, 0.1) is 5.82 Å². The van der Waals surface area contributed by atoms with Crippen LogP contribution in [0.25, 0.3) is 10.9 Å². The molecule has 3 rings (SSSR count). The number of rotatable bonds is 3. The Bertz CT molecular complexity index is 758. The summed E-state index contributed by atoms with van der Waals surface area (Å²) in [6.07, 6.45) is 0. The van der Waals surface area contributed by atoms with Crippen molar-refractivity contribution >= 4 is 16.6 Å². The third-order valence-corrected chi connectivity index (χ3v) is 3.00. The van der Waals surface area contributed by atoms with Crippen LogP contribution in [0.4, 0.5) is 10.1 Å². The van der Waals surface area contributed by atoms with Gasteiger partial charge in [-0.15, -0.1) is 0 Å². The standard InChI is InChI=1S/C16H13FN2O/c17-12-6-8-16(14(18)9-12)20-10-13-7-5-11-3-1-2-4-15(11)19-13/h1-9H,10,18H2. The van der Waals surface area contributed by atoms with Crippen LogP contribution in [-0.4, -0.2) is 4.98 Å². The lowest BCUT2D eigenvalue weighted by atomic mass is 10.2. The summed E-state index contributed by atoms with van der Waals surface area (Å²) in [5.41, 5.74) is 7.69. The molecule has 2 N–H and O–H groups in total. The average Bonchev–Trinajstić information content (AvgIpc) is 2.46. The topological polar surface area (TPSA) is 48.1 Å². The number of benzene rings is 2. The van der Waals surface area contributed by atoms with Gasteiger partial charge in [0.05, 0.1) is 16.9 Å². The number of ether oxygens (including phenoxy) is 1. The molecule has 0 amide bonds. The molecule has 0 aliphatic rings. The van der Waals surface area contributed by atoms with Gasteiger partial charge >= 0.3 is 0 Å². The molecule has 0 spiro atoms. The Balaban J connectivity index is 1.79. The number of anilines is 1. The summed E-state index contributed by atoms with van der Waals surface area (Å²) in [5, 5.41) is 1.08. The molecular formula is C16H13FN2O. The van der Waals surface area contributed by atoms with Crippen LogP contribution in [0.1, 0.15) is 5.69 Å². The van der Waals surface area contributed by atoms with Crippen molar-refractivity contribution in [2.24, 2.45) is 0 Å². The zero-order valence-electron chi connectivity index (χ0n) is 10.7. The van der Waals surface area contributed by atoms with E-state index >= 15 is 0 Å². The molecule has 0 aliphatic carbocycles. The summed E-state index contributed by atoms with van der Waals surface area (Å²) < 4.78 is 18.5. The van der Waals surface area contributed by atoms with E-state index in [1.807, 2.05) is 36.4 Å². The maximum Gasteiger partial charge on any atom is 0.142 e. The van der Waals surface area contributed by atoms with E-state index in [1.165, 1.54) is 18.2 Å². The van der Waals surface area contributed by atoms with E-state index < -0.39 is 0 Å². The summed E-state index contributed by atoms with van der Waals surface area (Å²) >= 11 is 0. The van der Waals surface area contributed by atoms with Crippen molar-refractivity contribution in [1.82, 2.24) is 4.98 Å². The van der Waals surface area contributed by atoms with E-state index in [0.29, 0.717) is 12.4 Å². The van der Waals surface area contributed by atoms with E-state index in [4.69, 9.17) is 10.5 Å². The maximum atomic E-state index is 12.9. The highest BCUT2D eigenvalue weighted by atomic mass is 19.1. The summed E-state index contributed by atoms with van der Waals surface area (Å²) in [5.74, 6) is 0.0834. The molecule has 0 fully saturated rings. The van der Waals surface area contributed by atoms with Gasteiger partial charge in [-0.1, -0.05) is 24.3 Å². The molecule has 0 bridgehead atoms. The van der Waals surface area contributed by atoms with Gasteiger partial charge in [-0.3, -0.25) is 0 Å². The smallest absolute Gasteiger partial charge is 0.142 e. The zero-order chi connectivity index (χ0) is 13.9. The first kappa shape index (κ1) is 12.4. The first-order chi connectivity index (χ1) is 9.72. The van der Waals surface area contributed by atoms with Crippen LogP contribution in [0.3, 0.4) is 0 Å². The first-order valence-electron chi connectivity index (χ1n) is 6.25. The Hall–Kier alpha value is -2.62. The summed E-state index contributed by atoms with van der Waals surface area (Å²) in [6, 6.07) is 15.8. The molecule has 3 aromatic rings. The van der Waals surface area contributed by atoms with E-state index in [9.17, 15) is 4.39 Å². The van der Waals surface area contributed by atoms with Gasteiger partial charge < -0.3 is 10.5 Å². The fourth-order valence-electron chi connectivity index (χ4n) is 1.99. The van der Waals surface area contributed by atoms with Crippen LogP contribution in [0.15, 0.2) is 54.6 Å². The number of nitrogen functional groups attached to an aromatic ring is 1. The van der Waals surface area contributed by atoms with Crippen molar-refractivity contribution in [3.63, 3.8) is 0 Å². The minimum Gasteiger partial charge on any atom is -0.485 e. The molecule has 0 aliphatic heterocycles. The number of aromatic nitrogens is 1. The molecule has 0 atom stereocenters. The molecule has 0 saturated carbocycles. The van der Waals surface area contributed by atoms with Gasteiger partial charge in [-0.2, -0.15) is 0 Å². The van der Waals surface area contributed by atoms with E-state index in [-0.39, 0.29) is 11.5 Å². The number of hydrogen-bond acceptors (Lipinski definition) is 3. The first-order valence-corrected chi connectivity index (χ1v) is 6.25. The molecule has 3 nitrogen and oxygen atoms in total. The minimum absolute atomic E-state index is 0.283. The fourth-order valence-corrected chi connectivity index (χ4v) is 1.99. The molecule has 0 unspecified atom stereocenters. The van der Waals surface area contributed by atoms with E-state index in [0.717, 1.165) is 16.6 Å². The lowest BCUT2D eigenvalue weighted by Gasteiger charge is -2.09. The molecular weight excluding hydrogens is 255 g/mol. The second-order valence-electron chi connectivity index (χ2n) is 4.47. The van der Waals surface area contributed by atoms with E-state index in [1.54, 1.807) is 0 Å². The van der Waals surface area contributed by atoms with Crippen molar-refractivity contribution in [2.75, 3.05) is 5.73 Å². The fraction of sp³-hybridized carbons (Fsp3) is 0.0625. The normalized spacial score (nSPS) is 10.7. The second-order valence-corrected chi connectivity index (χ2v) is 4.47. The largest absolute Gasteiger partial charge is 0.485 e. The molecule has 2 aromatic carbocycles. The van der Waals surface area contributed by atoms with Gasteiger partial charge in [0.2, 0.25) is 0 Å². The van der Waals surface area contributed by atoms with Crippen LogP contribution in [-0.2, 0) is 6.61 Å². The zero-order valence-corrected chi connectivity index (χ0v) is 10.7. The number of hydrogen-bond donors (Lipinski definition) is 1. The van der Waals surface area contributed by atoms with Crippen LogP contribution >= 0.6 is 0 Å². The van der Waals surface area contributed by atoms with Crippen molar-refractivity contribution in [1.29, 1.82) is 0 Å². The Labute approximate surface area is 115 Å². The molecule has 1 aromatic heterocycles.